The Labute approximate surface area is 112 Å². The number of halogens is 4. The van der Waals surface area contributed by atoms with Crippen LogP contribution in [0.15, 0.2) is 12.3 Å². The van der Waals surface area contributed by atoms with Crippen molar-refractivity contribution < 1.29 is 22.7 Å². The molecule has 0 radical (unpaired) electrons. The fourth-order valence-electron chi connectivity index (χ4n) is 1.14. The second-order valence-electron chi connectivity index (χ2n) is 4.69. The van der Waals surface area contributed by atoms with Crippen LogP contribution < -0.4 is 5.32 Å². The molecule has 0 fully saturated rings. The first-order valence-corrected chi connectivity index (χ1v) is 5.59. The number of carbonyl (C=O) groups is 1. The molecule has 0 unspecified atom stereocenters. The number of amides is 1. The van der Waals surface area contributed by atoms with Crippen molar-refractivity contribution in [1.29, 1.82) is 0 Å². The molecule has 0 saturated carbocycles. The quantitative estimate of drug-likeness (QED) is 0.794. The molecule has 1 aromatic rings. The molecule has 1 heterocycles. The van der Waals surface area contributed by atoms with Crippen molar-refractivity contribution in [2.45, 2.75) is 32.5 Å². The van der Waals surface area contributed by atoms with Gasteiger partial charge in [0.2, 0.25) is 0 Å². The van der Waals surface area contributed by atoms with Crippen LogP contribution in [0, 0.1) is 0 Å². The van der Waals surface area contributed by atoms with Crippen molar-refractivity contribution in [3.63, 3.8) is 0 Å². The Hall–Kier alpha value is -1.50. The average Bonchev–Trinajstić information content (AvgIpc) is 2.16. The minimum Gasteiger partial charge on any atom is -0.444 e. The summed E-state index contributed by atoms with van der Waals surface area (Å²) in [5.74, 6) is 0. The molecule has 0 aromatic carbocycles. The van der Waals surface area contributed by atoms with E-state index in [-0.39, 0.29) is 5.69 Å². The summed E-state index contributed by atoms with van der Waals surface area (Å²) in [6.07, 6.45) is -4.50. The van der Waals surface area contributed by atoms with Crippen molar-refractivity contribution in [2.75, 3.05) is 5.32 Å². The van der Waals surface area contributed by atoms with Gasteiger partial charge in [0.05, 0.1) is 17.4 Å². The molecule has 0 aliphatic rings. The number of hydrogen-bond acceptors (Lipinski definition) is 3. The molecule has 0 atom stereocenters. The molecule has 0 bridgehead atoms. The topological polar surface area (TPSA) is 51.2 Å². The highest BCUT2D eigenvalue weighted by molar-refractivity contribution is 6.30. The van der Waals surface area contributed by atoms with E-state index < -0.39 is 28.6 Å². The Morgan fingerprint density at radius 3 is 2.42 bits per heavy atom. The Balaban J connectivity index is 2.89. The van der Waals surface area contributed by atoms with E-state index in [1.165, 1.54) is 0 Å². The molecule has 8 heteroatoms. The summed E-state index contributed by atoms with van der Waals surface area (Å²) in [5, 5.41) is 1.48. The highest BCUT2D eigenvalue weighted by Crippen LogP contribution is 2.34. The van der Waals surface area contributed by atoms with Gasteiger partial charge in [-0.3, -0.25) is 5.32 Å². The maximum Gasteiger partial charge on any atom is 0.419 e. The number of hydrogen-bond donors (Lipinski definition) is 1. The standard InChI is InChI=1S/C11H12ClF3N2O2/c1-10(2,3)19-9(18)17-6-4-7(11(13,14)15)8(12)16-5-6/h4-5H,1-3H3,(H,17,18). The lowest BCUT2D eigenvalue weighted by Crippen LogP contribution is -2.27. The number of rotatable bonds is 1. The number of nitrogens with one attached hydrogen (secondary N) is 1. The number of carbonyl (C=O) groups excluding carboxylic acids is 1. The first kappa shape index (κ1) is 15.6. The third kappa shape index (κ3) is 4.94. The first-order chi connectivity index (χ1) is 8.49. The van der Waals surface area contributed by atoms with Crippen molar-refractivity contribution in [1.82, 2.24) is 4.98 Å². The zero-order chi connectivity index (χ0) is 14.8. The molecule has 1 amide bonds. The number of alkyl halides is 3. The van der Waals surface area contributed by atoms with Gasteiger partial charge in [0.25, 0.3) is 0 Å². The molecule has 1 aromatic heterocycles. The van der Waals surface area contributed by atoms with Crippen molar-refractivity contribution in [3.8, 4) is 0 Å². The molecular weight excluding hydrogens is 285 g/mol. The van der Waals surface area contributed by atoms with Crippen LogP contribution in [0.2, 0.25) is 5.15 Å². The van der Waals surface area contributed by atoms with Gasteiger partial charge < -0.3 is 4.74 Å². The van der Waals surface area contributed by atoms with E-state index >= 15 is 0 Å². The lowest BCUT2D eigenvalue weighted by molar-refractivity contribution is -0.137. The number of aromatic nitrogens is 1. The minimum absolute atomic E-state index is 0.147. The molecule has 1 N–H and O–H groups in total. The van der Waals surface area contributed by atoms with Gasteiger partial charge >= 0.3 is 12.3 Å². The highest BCUT2D eigenvalue weighted by atomic mass is 35.5. The second kappa shape index (κ2) is 5.24. The molecule has 4 nitrogen and oxygen atoms in total. The van der Waals surface area contributed by atoms with Crippen LogP contribution in [0.1, 0.15) is 26.3 Å². The van der Waals surface area contributed by atoms with Crippen LogP contribution in [-0.2, 0) is 10.9 Å². The van der Waals surface area contributed by atoms with Crippen LogP contribution in [0.25, 0.3) is 0 Å². The smallest absolute Gasteiger partial charge is 0.419 e. The molecular formula is C11H12ClF3N2O2. The first-order valence-electron chi connectivity index (χ1n) is 5.22. The van der Waals surface area contributed by atoms with Crippen LogP contribution in [-0.4, -0.2) is 16.7 Å². The molecule has 19 heavy (non-hydrogen) atoms. The number of nitrogens with zero attached hydrogens (tertiary/aromatic N) is 1. The maximum atomic E-state index is 12.6. The van der Waals surface area contributed by atoms with Crippen molar-refractivity contribution in [2.24, 2.45) is 0 Å². The summed E-state index contributed by atoms with van der Waals surface area (Å²) in [6.45, 7) is 4.90. The molecule has 0 saturated heterocycles. The van der Waals surface area contributed by atoms with Gasteiger partial charge in [0.1, 0.15) is 10.8 Å². The van der Waals surface area contributed by atoms with E-state index in [0.717, 1.165) is 6.20 Å². The van der Waals surface area contributed by atoms with E-state index in [2.05, 4.69) is 10.3 Å². The van der Waals surface area contributed by atoms with Gasteiger partial charge in [0.15, 0.2) is 0 Å². The Morgan fingerprint density at radius 1 is 1.37 bits per heavy atom. The largest absolute Gasteiger partial charge is 0.444 e. The summed E-state index contributed by atoms with van der Waals surface area (Å²) in [7, 11) is 0. The summed E-state index contributed by atoms with van der Waals surface area (Å²) in [5.41, 5.74) is -2.02. The summed E-state index contributed by atoms with van der Waals surface area (Å²) in [4.78, 5) is 14.8. The van der Waals surface area contributed by atoms with Crippen molar-refractivity contribution >= 4 is 23.4 Å². The van der Waals surface area contributed by atoms with Gasteiger partial charge in [0, 0.05) is 0 Å². The van der Waals surface area contributed by atoms with Crippen molar-refractivity contribution in [3.05, 3.63) is 23.0 Å². The molecule has 1 rings (SSSR count). The number of pyridine rings is 1. The molecule has 0 aliphatic heterocycles. The van der Waals surface area contributed by atoms with Crippen LogP contribution in [0.4, 0.5) is 23.7 Å². The zero-order valence-corrected chi connectivity index (χ0v) is 11.2. The predicted molar refractivity (Wildman–Crippen MR) is 64.1 cm³/mol. The Morgan fingerprint density at radius 2 is 1.95 bits per heavy atom. The third-order valence-corrected chi connectivity index (χ3v) is 2.09. The molecule has 106 valence electrons. The van der Waals surface area contributed by atoms with Crippen LogP contribution >= 0.6 is 11.6 Å². The minimum atomic E-state index is -4.64. The Bertz CT molecular complexity index is 484. The van der Waals surface area contributed by atoms with Gasteiger partial charge in [-0.15, -0.1) is 0 Å². The fourth-order valence-corrected chi connectivity index (χ4v) is 1.35. The zero-order valence-electron chi connectivity index (χ0n) is 10.4. The van der Waals surface area contributed by atoms with Gasteiger partial charge in [-0.05, 0) is 26.8 Å². The van der Waals surface area contributed by atoms with E-state index in [4.69, 9.17) is 16.3 Å². The normalized spacial score (nSPS) is 12.2. The fraction of sp³-hybridized carbons (Fsp3) is 0.455. The number of anilines is 1. The van der Waals surface area contributed by atoms with E-state index in [1.807, 2.05) is 0 Å². The van der Waals surface area contributed by atoms with Gasteiger partial charge in [-0.1, -0.05) is 11.6 Å². The average molecular weight is 297 g/mol. The molecule has 0 aliphatic carbocycles. The van der Waals surface area contributed by atoms with Crippen LogP contribution in [0.3, 0.4) is 0 Å². The molecule has 0 spiro atoms. The lowest BCUT2D eigenvalue weighted by atomic mass is 10.2. The van der Waals surface area contributed by atoms with Gasteiger partial charge in [-0.2, -0.15) is 13.2 Å². The van der Waals surface area contributed by atoms with E-state index in [0.29, 0.717) is 6.07 Å². The monoisotopic (exact) mass is 296 g/mol. The van der Waals surface area contributed by atoms with Gasteiger partial charge in [-0.25, -0.2) is 9.78 Å². The van der Waals surface area contributed by atoms with E-state index in [9.17, 15) is 18.0 Å². The van der Waals surface area contributed by atoms with E-state index in [1.54, 1.807) is 20.8 Å². The SMILES string of the molecule is CC(C)(C)OC(=O)Nc1cnc(Cl)c(C(F)(F)F)c1. The lowest BCUT2D eigenvalue weighted by Gasteiger charge is -2.19. The predicted octanol–water partition coefficient (Wildman–Crippen LogP) is 4.10. The highest BCUT2D eigenvalue weighted by Gasteiger charge is 2.34. The summed E-state index contributed by atoms with van der Waals surface area (Å²) < 4.78 is 42.6. The summed E-state index contributed by atoms with van der Waals surface area (Å²) in [6, 6.07) is 0.694. The number of ether oxygens (including phenoxy) is 1. The Kier molecular flexibility index (Phi) is 4.29. The maximum absolute atomic E-state index is 12.6. The second-order valence-corrected chi connectivity index (χ2v) is 5.05. The van der Waals surface area contributed by atoms with Crippen LogP contribution in [0.5, 0.6) is 0 Å². The third-order valence-electron chi connectivity index (χ3n) is 1.79. The summed E-state index contributed by atoms with van der Waals surface area (Å²) >= 11 is 5.35.